The van der Waals surface area contributed by atoms with Gasteiger partial charge >= 0.3 is 0 Å². The zero-order valence-corrected chi connectivity index (χ0v) is 17.7. The maximum absolute atomic E-state index is 13.2. The molecule has 1 N–H and O–H groups in total. The lowest BCUT2D eigenvalue weighted by molar-refractivity contribution is -0.153. The first-order chi connectivity index (χ1) is 14.6. The molecule has 3 aliphatic heterocycles. The Hall–Kier alpha value is -2.11. The molecule has 4 fully saturated rings. The fraction of sp³-hybridized carbons (Fsp3) is 0.708. The molecule has 1 aromatic heterocycles. The number of amides is 2. The fourth-order valence-corrected chi connectivity index (χ4v) is 6.77. The molecule has 4 aliphatic rings. The van der Waals surface area contributed by atoms with Gasteiger partial charge in [0.1, 0.15) is 0 Å². The third-order valence-corrected chi connectivity index (χ3v) is 8.11. The van der Waals surface area contributed by atoms with Gasteiger partial charge in [-0.2, -0.15) is 0 Å². The zero-order chi connectivity index (χ0) is 20.7. The molecular formula is C24H33N3O3. The van der Waals surface area contributed by atoms with Gasteiger partial charge in [0.15, 0.2) is 0 Å². The highest BCUT2D eigenvalue weighted by atomic mass is 16.2. The van der Waals surface area contributed by atoms with E-state index in [1.807, 2.05) is 4.90 Å². The number of nitrogens with one attached hydrogen (secondary N) is 1. The number of piperidine rings is 3. The molecule has 2 amide bonds. The second-order valence-electron chi connectivity index (χ2n) is 9.98. The largest absolute Gasteiger partial charge is 0.338 e. The van der Waals surface area contributed by atoms with E-state index in [0.29, 0.717) is 42.8 Å². The lowest BCUT2D eigenvalue weighted by Crippen LogP contribution is -2.65. The highest BCUT2D eigenvalue weighted by molar-refractivity contribution is 5.94. The molecule has 5 rings (SSSR count). The number of nitrogens with zero attached hydrogens (tertiary/aromatic N) is 2. The Morgan fingerprint density at radius 1 is 1.03 bits per heavy atom. The first kappa shape index (κ1) is 19.8. The zero-order valence-electron chi connectivity index (χ0n) is 17.7. The van der Waals surface area contributed by atoms with E-state index in [2.05, 4.69) is 9.88 Å². The van der Waals surface area contributed by atoms with E-state index >= 15 is 0 Å². The molecule has 0 unspecified atom stereocenters. The van der Waals surface area contributed by atoms with Gasteiger partial charge in [-0.3, -0.25) is 14.4 Å². The van der Waals surface area contributed by atoms with Crippen molar-refractivity contribution in [2.75, 3.05) is 13.1 Å². The van der Waals surface area contributed by atoms with Crippen molar-refractivity contribution in [1.82, 2.24) is 14.8 Å². The molecule has 3 saturated heterocycles. The second-order valence-corrected chi connectivity index (χ2v) is 9.98. The summed E-state index contributed by atoms with van der Waals surface area (Å²) in [6.45, 7) is 1.41. The summed E-state index contributed by atoms with van der Waals surface area (Å²) in [7, 11) is 0. The Bertz CT molecular complexity index is 859. The minimum absolute atomic E-state index is 0.0391. The SMILES string of the molecule is O=C(c1cc[nH]c(=O)c1)N1C[C@H]2C[C@@H](C1)[C@H](CC1CCCCC1)N1C(=O)CCC[C@@H]21. The second kappa shape index (κ2) is 8.20. The van der Waals surface area contributed by atoms with Crippen LogP contribution in [0.3, 0.4) is 0 Å². The van der Waals surface area contributed by atoms with Gasteiger partial charge in [-0.1, -0.05) is 32.1 Å². The van der Waals surface area contributed by atoms with Crippen LogP contribution in [0.25, 0.3) is 0 Å². The van der Waals surface area contributed by atoms with Gasteiger partial charge in [-0.25, -0.2) is 0 Å². The van der Waals surface area contributed by atoms with Crippen molar-refractivity contribution in [2.24, 2.45) is 17.8 Å². The highest BCUT2D eigenvalue weighted by Crippen LogP contribution is 2.44. The molecule has 6 nitrogen and oxygen atoms in total. The van der Waals surface area contributed by atoms with Crippen LogP contribution >= 0.6 is 0 Å². The molecule has 6 heteroatoms. The third-order valence-electron chi connectivity index (χ3n) is 8.11. The first-order valence-electron chi connectivity index (χ1n) is 11.9. The van der Waals surface area contributed by atoms with Gasteiger partial charge < -0.3 is 14.8 Å². The van der Waals surface area contributed by atoms with Crippen LogP contribution < -0.4 is 5.56 Å². The van der Waals surface area contributed by atoms with Crippen molar-refractivity contribution in [1.29, 1.82) is 0 Å². The molecule has 1 aliphatic carbocycles. The van der Waals surface area contributed by atoms with E-state index in [4.69, 9.17) is 0 Å². The highest BCUT2D eigenvalue weighted by Gasteiger charge is 2.50. The molecule has 162 valence electrons. The van der Waals surface area contributed by atoms with Gasteiger partial charge in [-0.15, -0.1) is 0 Å². The summed E-state index contributed by atoms with van der Waals surface area (Å²) in [6, 6.07) is 3.66. The minimum atomic E-state index is -0.239. The predicted octanol–water partition coefficient (Wildman–Crippen LogP) is 3.19. The van der Waals surface area contributed by atoms with Gasteiger partial charge in [0.25, 0.3) is 5.91 Å². The summed E-state index contributed by atoms with van der Waals surface area (Å²) in [4.78, 5) is 44.7. The number of fused-ring (bicyclic) bond motifs is 4. The van der Waals surface area contributed by atoms with Crippen LogP contribution in [0.1, 0.15) is 74.6 Å². The van der Waals surface area contributed by atoms with Crippen LogP contribution in [0.5, 0.6) is 0 Å². The van der Waals surface area contributed by atoms with Crippen molar-refractivity contribution < 1.29 is 9.59 Å². The molecule has 4 atom stereocenters. The average molecular weight is 412 g/mol. The predicted molar refractivity (Wildman–Crippen MR) is 114 cm³/mol. The van der Waals surface area contributed by atoms with Crippen molar-refractivity contribution in [3.63, 3.8) is 0 Å². The minimum Gasteiger partial charge on any atom is -0.338 e. The van der Waals surface area contributed by atoms with E-state index in [0.717, 1.165) is 31.6 Å². The van der Waals surface area contributed by atoms with Crippen LogP contribution in [0.2, 0.25) is 0 Å². The smallest absolute Gasteiger partial charge is 0.254 e. The number of carbonyl (C=O) groups is 2. The third kappa shape index (κ3) is 3.69. The molecule has 2 bridgehead atoms. The van der Waals surface area contributed by atoms with Crippen molar-refractivity contribution >= 4 is 11.8 Å². The van der Waals surface area contributed by atoms with Crippen LogP contribution in [0.15, 0.2) is 23.1 Å². The van der Waals surface area contributed by atoms with E-state index in [9.17, 15) is 14.4 Å². The molecular weight excluding hydrogens is 378 g/mol. The fourth-order valence-electron chi connectivity index (χ4n) is 6.77. The van der Waals surface area contributed by atoms with Crippen molar-refractivity contribution in [2.45, 2.75) is 76.3 Å². The number of aromatic nitrogens is 1. The molecule has 30 heavy (non-hydrogen) atoms. The van der Waals surface area contributed by atoms with Gasteiger partial charge in [0, 0.05) is 49.4 Å². The quantitative estimate of drug-likeness (QED) is 0.830. The first-order valence-corrected chi connectivity index (χ1v) is 11.9. The number of aromatic amines is 1. The topological polar surface area (TPSA) is 73.5 Å². The Labute approximate surface area is 178 Å². The molecule has 0 aromatic carbocycles. The van der Waals surface area contributed by atoms with Gasteiger partial charge in [0.2, 0.25) is 11.5 Å². The molecule has 4 heterocycles. The normalized spacial score (nSPS) is 32.1. The Morgan fingerprint density at radius 2 is 1.83 bits per heavy atom. The van der Waals surface area contributed by atoms with E-state index in [-0.39, 0.29) is 23.6 Å². The standard InChI is InChI=1S/C24H33N3O3/c28-22-13-17(9-10-25-22)24(30)26-14-18-12-19(15-26)21(11-16-5-2-1-3-6-16)27-20(18)7-4-8-23(27)29/h9-10,13,16,18-21H,1-8,11-12,14-15H2,(H,25,28)/t18-,19+,20+,21+/m1/s1. The lowest BCUT2D eigenvalue weighted by atomic mass is 9.69. The van der Waals surface area contributed by atoms with Crippen LogP contribution in [0.4, 0.5) is 0 Å². The van der Waals surface area contributed by atoms with E-state index in [1.165, 1.54) is 38.2 Å². The summed E-state index contributed by atoms with van der Waals surface area (Å²) in [5.41, 5.74) is 0.233. The molecule has 1 aromatic rings. The Balaban J connectivity index is 1.40. The van der Waals surface area contributed by atoms with Gasteiger partial charge in [0.05, 0.1) is 0 Å². The maximum atomic E-state index is 13.2. The molecule has 0 radical (unpaired) electrons. The average Bonchev–Trinajstić information content (AvgIpc) is 2.77. The number of rotatable bonds is 3. The number of H-pyrrole nitrogens is 1. The lowest BCUT2D eigenvalue weighted by Gasteiger charge is -2.57. The number of hydrogen-bond acceptors (Lipinski definition) is 3. The summed E-state index contributed by atoms with van der Waals surface area (Å²) < 4.78 is 0. The number of hydrogen-bond donors (Lipinski definition) is 1. The summed E-state index contributed by atoms with van der Waals surface area (Å²) >= 11 is 0. The van der Waals surface area contributed by atoms with Crippen molar-refractivity contribution in [3.8, 4) is 0 Å². The van der Waals surface area contributed by atoms with Gasteiger partial charge in [-0.05, 0) is 49.5 Å². The Morgan fingerprint density at radius 3 is 2.63 bits per heavy atom. The van der Waals surface area contributed by atoms with Crippen molar-refractivity contribution in [3.05, 3.63) is 34.2 Å². The molecule has 0 spiro atoms. The summed E-state index contributed by atoms with van der Waals surface area (Å²) in [6.07, 6.45) is 13.1. The number of carbonyl (C=O) groups excluding carboxylic acids is 2. The van der Waals surface area contributed by atoms with Crippen LogP contribution in [-0.4, -0.2) is 51.8 Å². The maximum Gasteiger partial charge on any atom is 0.254 e. The number of likely N-dealkylation sites (tertiary alicyclic amines) is 1. The summed E-state index contributed by atoms with van der Waals surface area (Å²) in [5, 5.41) is 0. The van der Waals surface area contributed by atoms with E-state index in [1.54, 1.807) is 12.3 Å². The molecule has 1 saturated carbocycles. The van der Waals surface area contributed by atoms with E-state index < -0.39 is 0 Å². The monoisotopic (exact) mass is 411 g/mol. The summed E-state index contributed by atoms with van der Waals surface area (Å²) in [5.74, 6) is 1.74. The Kier molecular flexibility index (Phi) is 5.42. The van der Waals surface area contributed by atoms with Crippen LogP contribution in [-0.2, 0) is 4.79 Å². The number of pyridine rings is 1. The van der Waals surface area contributed by atoms with Crippen LogP contribution in [0, 0.1) is 17.8 Å².